The van der Waals surface area contributed by atoms with E-state index in [9.17, 15) is 4.79 Å². The number of ether oxygens (including phenoxy) is 1. The summed E-state index contributed by atoms with van der Waals surface area (Å²) in [7, 11) is 0. The molecule has 1 amide bonds. The number of rotatable bonds is 7. The van der Waals surface area contributed by atoms with Crippen LogP contribution in [0.2, 0.25) is 5.02 Å². The highest BCUT2D eigenvalue weighted by Crippen LogP contribution is 2.12. The van der Waals surface area contributed by atoms with Gasteiger partial charge in [-0.05, 0) is 32.8 Å². The lowest BCUT2D eigenvalue weighted by Gasteiger charge is -2.08. The van der Waals surface area contributed by atoms with Gasteiger partial charge in [0.2, 0.25) is 0 Å². The lowest BCUT2D eigenvalue weighted by atomic mass is 10.2. The number of hydrogen-bond donors (Lipinski definition) is 1. The van der Waals surface area contributed by atoms with Crippen LogP contribution in [0.5, 0.6) is 0 Å². The Bertz CT molecular complexity index is 383. The van der Waals surface area contributed by atoms with E-state index in [1.165, 1.54) is 6.20 Å². The van der Waals surface area contributed by atoms with Crippen LogP contribution >= 0.6 is 11.6 Å². The van der Waals surface area contributed by atoms with Crippen molar-refractivity contribution in [3.05, 3.63) is 29.0 Å². The minimum atomic E-state index is -0.160. The molecule has 1 aromatic heterocycles. The first-order valence-corrected chi connectivity index (χ1v) is 6.48. The van der Waals surface area contributed by atoms with E-state index in [0.29, 0.717) is 17.1 Å². The van der Waals surface area contributed by atoms with Crippen LogP contribution in [0.4, 0.5) is 0 Å². The number of carbonyl (C=O) groups excluding carboxylic acids is 1. The molecule has 0 atom stereocenters. The average Bonchev–Trinajstić information content (AvgIpc) is 2.33. The largest absolute Gasteiger partial charge is 0.379 e. The Labute approximate surface area is 113 Å². The lowest BCUT2D eigenvalue weighted by molar-refractivity contribution is 0.0754. The number of nitrogens with zero attached hydrogens (tertiary/aromatic N) is 1. The number of pyridine rings is 1. The number of carbonyl (C=O) groups is 1. The summed E-state index contributed by atoms with van der Waals surface area (Å²) in [6.07, 6.45) is 5.10. The number of amides is 1. The summed E-state index contributed by atoms with van der Waals surface area (Å²) in [5.41, 5.74) is 0.463. The predicted octanol–water partition coefficient (Wildman–Crippen LogP) is 2.67. The number of aromatic nitrogens is 1. The Balaban J connectivity index is 2.20. The van der Waals surface area contributed by atoms with Gasteiger partial charge in [-0.1, -0.05) is 11.6 Å². The van der Waals surface area contributed by atoms with Crippen molar-refractivity contribution in [1.82, 2.24) is 10.3 Å². The number of nitrogens with one attached hydrogen (secondary N) is 1. The van der Waals surface area contributed by atoms with Crippen LogP contribution in [0.3, 0.4) is 0 Å². The third kappa shape index (κ3) is 5.47. The van der Waals surface area contributed by atoms with Crippen LogP contribution in [0, 0.1) is 0 Å². The van der Waals surface area contributed by atoms with Crippen LogP contribution in [-0.4, -0.2) is 30.1 Å². The monoisotopic (exact) mass is 270 g/mol. The van der Waals surface area contributed by atoms with Crippen LogP contribution in [0.15, 0.2) is 18.5 Å². The van der Waals surface area contributed by atoms with Crippen molar-refractivity contribution in [2.45, 2.75) is 32.8 Å². The summed E-state index contributed by atoms with van der Waals surface area (Å²) in [4.78, 5) is 15.6. The molecular weight excluding hydrogens is 252 g/mol. The molecule has 0 aliphatic carbocycles. The molecule has 0 bridgehead atoms. The van der Waals surface area contributed by atoms with E-state index in [4.69, 9.17) is 16.3 Å². The Hall–Kier alpha value is -1.13. The average molecular weight is 271 g/mol. The van der Waals surface area contributed by atoms with Gasteiger partial charge < -0.3 is 10.1 Å². The molecule has 5 heteroatoms. The van der Waals surface area contributed by atoms with Crippen molar-refractivity contribution in [1.29, 1.82) is 0 Å². The van der Waals surface area contributed by atoms with Gasteiger partial charge in [0.15, 0.2) is 0 Å². The van der Waals surface area contributed by atoms with Crippen LogP contribution in [-0.2, 0) is 4.74 Å². The second-order valence-electron chi connectivity index (χ2n) is 4.24. The zero-order valence-electron chi connectivity index (χ0n) is 10.8. The summed E-state index contributed by atoms with van der Waals surface area (Å²) in [5.74, 6) is -0.160. The molecule has 18 heavy (non-hydrogen) atoms. The summed E-state index contributed by atoms with van der Waals surface area (Å²) in [6.45, 7) is 5.36. The summed E-state index contributed by atoms with van der Waals surface area (Å²) in [6, 6.07) is 1.61. The van der Waals surface area contributed by atoms with Crippen molar-refractivity contribution in [2.75, 3.05) is 13.2 Å². The molecule has 0 aliphatic heterocycles. The Morgan fingerprint density at radius 1 is 1.50 bits per heavy atom. The maximum Gasteiger partial charge on any atom is 0.252 e. The van der Waals surface area contributed by atoms with Crippen molar-refractivity contribution >= 4 is 17.5 Å². The molecule has 0 aliphatic rings. The predicted molar refractivity (Wildman–Crippen MR) is 71.9 cm³/mol. The third-order valence-corrected chi connectivity index (χ3v) is 2.63. The third-order valence-electron chi connectivity index (χ3n) is 2.32. The van der Waals surface area contributed by atoms with E-state index >= 15 is 0 Å². The first-order valence-electron chi connectivity index (χ1n) is 6.10. The number of hydrogen-bond acceptors (Lipinski definition) is 3. The molecule has 1 aromatic rings. The minimum Gasteiger partial charge on any atom is -0.379 e. The standard InChI is InChI=1S/C13H19ClN2O2/c1-10(2)18-8-4-3-6-16-13(17)11-5-7-15-9-12(11)14/h5,7,9-10H,3-4,6,8H2,1-2H3,(H,16,17). The molecule has 1 heterocycles. The molecule has 0 aromatic carbocycles. The van der Waals surface area contributed by atoms with Crippen molar-refractivity contribution in [3.8, 4) is 0 Å². The Morgan fingerprint density at radius 3 is 2.94 bits per heavy atom. The fraction of sp³-hybridized carbons (Fsp3) is 0.538. The quantitative estimate of drug-likeness (QED) is 0.775. The van der Waals surface area contributed by atoms with Gasteiger partial charge in [0, 0.05) is 25.5 Å². The van der Waals surface area contributed by atoms with E-state index in [0.717, 1.165) is 19.4 Å². The zero-order chi connectivity index (χ0) is 13.4. The SMILES string of the molecule is CC(C)OCCCCNC(=O)c1ccncc1Cl. The molecule has 0 saturated heterocycles. The second-order valence-corrected chi connectivity index (χ2v) is 4.65. The van der Waals surface area contributed by atoms with Crippen molar-refractivity contribution < 1.29 is 9.53 Å². The number of unbranched alkanes of at least 4 members (excludes halogenated alkanes) is 1. The van der Waals surface area contributed by atoms with E-state index < -0.39 is 0 Å². The highest BCUT2D eigenvalue weighted by Gasteiger charge is 2.08. The molecule has 0 spiro atoms. The first-order chi connectivity index (χ1) is 8.61. The molecule has 0 fully saturated rings. The summed E-state index contributed by atoms with van der Waals surface area (Å²) < 4.78 is 5.41. The first kappa shape index (κ1) is 14.9. The van der Waals surface area contributed by atoms with E-state index in [1.807, 2.05) is 13.8 Å². The molecule has 1 rings (SSSR count). The molecule has 0 radical (unpaired) electrons. The van der Waals surface area contributed by atoms with Crippen LogP contribution in [0.25, 0.3) is 0 Å². The van der Waals surface area contributed by atoms with Crippen molar-refractivity contribution in [3.63, 3.8) is 0 Å². The van der Waals surface area contributed by atoms with Gasteiger partial charge >= 0.3 is 0 Å². The van der Waals surface area contributed by atoms with Crippen LogP contribution < -0.4 is 5.32 Å². The molecule has 4 nitrogen and oxygen atoms in total. The van der Waals surface area contributed by atoms with Crippen LogP contribution in [0.1, 0.15) is 37.0 Å². The molecule has 100 valence electrons. The van der Waals surface area contributed by atoms with Gasteiger partial charge in [-0.3, -0.25) is 9.78 Å². The highest BCUT2D eigenvalue weighted by molar-refractivity contribution is 6.33. The molecule has 0 saturated carbocycles. The smallest absolute Gasteiger partial charge is 0.252 e. The van der Waals surface area contributed by atoms with Gasteiger partial charge in [-0.2, -0.15) is 0 Å². The zero-order valence-corrected chi connectivity index (χ0v) is 11.5. The van der Waals surface area contributed by atoms with E-state index in [2.05, 4.69) is 10.3 Å². The summed E-state index contributed by atoms with van der Waals surface area (Å²) >= 11 is 5.87. The minimum absolute atomic E-state index is 0.160. The second kappa shape index (κ2) is 8.06. The maximum atomic E-state index is 11.8. The van der Waals surface area contributed by atoms with Gasteiger partial charge in [0.05, 0.1) is 16.7 Å². The fourth-order valence-electron chi connectivity index (χ4n) is 1.40. The van der Waals surface area contributed by atoms with Gasteiger partial charge in [0.1, 0.15) is 0 Å². The molecule has 1 N–H and O–H groups in total. The van der Waals surface area contributed by atoms with E-state index in [-0.39, 0.29) is 12.0 Å². The highest BCUT2D eigenvalue weighted by atomic mass is 35.5. The Morgan fingerprint density at radius 2 is 2.28 bits per heavy atom. The Kier molecular flexibility index (Phi) is 6.68. The van der Waals surface area contributed by atoms with Crippen molar-refractivity contribution in [2.24, 2.45) is 0 Å². The molecular formula is C13H19ClN2O2. The molecule has 0 unspecified atom stereocenters. The topological polar surface area (TPSA) is 51.2 Å². The fourth-order valence-corrected chi connectivity index (χ4v) is 1.61. The number of halogens is 1. The lowest BCUT2D eigenvalue weighted by Crippen LogP contribution is -2.25. The van der Waals surface area contributed by atoms with Gasteiger partial charge in [0.25, 0.3) is 5.91 Å². The van der Waals surface area contributed by atoms with E-state index in [1.54, 1.807) is 12.3 Å². The van der Waals surface area contributed by atoms with Gasteiger partial charge in [-0.15, -0.1) is 0 Å². The summed E-state index contributed by atoms with van der Waals surface area (Å²) in [5, 5.41) is 3.19. The maximum absolute atomic E-state index is 11.8. The van der Waals surface area contributed by atoms with Gasteiger partial charge in [-0.25, -0.2) is 0 Å². The normalized spacial score (nSPS) is 10.7.